The highest BCUT2D eigenvalue weighted by Crippen LogP contribution is 2.33. The van der Waals surface area contributed by atoms with Gasteiger partial charge in [-0.1, -0.05) is 0 Å². The lowest BCUT2D eigenvalue weighted by atomic mass is 9.95. The summed E-state index contributed by atoms with van der Waals surface area (Å²) in [6, 6.07) is 4.99. The number of amides is 1. The van der Waals surface area contributed by atoms with Gasteiger partial charge in [-0.05, 0) is 44.2 Å². The molecule has 0 spiro atoms. The van der Waals surface area contributed by atoms with Gasteiger partial charge in [0, 0.05) is 17.3 Å². The molecule has 1 aliphatic carbocycles. The molecule has 1 unspecified atom stereocenters. The summed E-state index contributed by atoms with van der Waals surface area (Å²) in [5, 5.41) is 7.49. The van der Waals surface area contributed by atoms with Crippen LogP contribution in [0.5, 0.6) is 11.5 Å². The van der Waals surface area contributed by atoms with Gasteiger partial charge in [0.1, 0.15) is 11.5 Å². The summed E-state index contributed by atoms with van der Waals surface area (Å²) in [4.78, 5) is 13.1. The van der Waals surface area contributed by atoms with Gasteiger partial charge >= 0.3 is 0 Å². The summed E-state index contributed by atoms with van der Waals surface area (Å²) < 4.78 is 36.3. The van der Waals surface area contributed by atoms with E-state index in [1.165, 1.54) is 7.11 Å². The molecule has 2 aromatic rings. The topological polar surface area (TPSA) is 99.5 Å². The first-order valence-electron chi connectivity index (χ1n) is 9.76. The highest BCUT2D eigenvalue weighted by molar-refractivity contribution is 7.91. The van der Waals surface area contributed by atoms with E-state index < -0.39 is 9.84 Å². The fraction of sp³-hybridized carbons (Fsp3) is 0.500. The van der Waals surface area contributed by atoms with E-state index in [9.17, 15) is 13.2 Å². The van der Waals surface area contributed by atoms with Crippen LogP contribution in [0.25, 0.3) is 0 Å². The monoisotopic (exact) mass is 419 g/mol. The molecule has 29 heavy (non-hydrogen) atoms. The zero-order valence-corrected chi connectivity index (χ0v) is 17.4. The predicted molar refractivity (Wildman–Crippen MR) is 109 cm³/mol. The molecule has 9 heteroatoms. The predicted octanol–water partition coefficient (Wildman–Crippen LogP) is 2.39. The van der Waals surface area contributed by atoms with Crippen LogP contribution in [0.2, 0.25) is 0 Å². The van der Waals surface area contributed by atoms with E-state index in [2.05, 4.69) is 10.4 Å². The molecule has 1 saturated heterocycles. The lowest BCUT2D eigenvalue weighted by molar-refractivity contribution is 0.102. The van der Waals surface area contributed by atoms with Crippen LogP contribution in [0, 0.1) is 0 Å². The van der Waals surface area contributed by atoms with Gasteiger partial charge in [-0.25, -0.2) is 8.42 Å². The Morgan fingerprint density at radius 3 is 2.69 bits per heavy atom. The minimum Gasteiger partial charge on any atom is -0.497 e. The van der Waals surface area contributed by atoms with E-state index in [1.54, 1.807) is 30.0 Å². The van der Waals surface area contributed by atoms with Crippen molar-refractivity contribution in [1.29, 1.82) is 0 Å². The third-order valence-electron chi connectivity index (χ3n) is 5.63. The number of hydrogen-bond donors (Lipinski definition) is 1. The third-order valence-corrected chi connectivity index (χ3v) is 7.38. The molecule has 0 bridgehead atoms. The first-order valence-corrected chi connectivity index (χ1v) is 11.6. The van der Waals surface area contributed by atoms with Crippen molar-refractivity contribution >= 4 is 21.4 Å². The average Bonchev–Trinajstić information content (AvgIpc) is 3.28. The minimum absolute atomic E-state index is 0.0892. The number of ether oxygens (including phenoxy) is 2. The van der Waals surface area contributed by atoms with Crippen molar-refractivity contribution in [3.8, 4) is 11.5 Å². The first kappa shape index (κ1) is 19.8. The maximum absolute atomic E-state index is 13.1. The van der Waals surface area contributed by atoms with Crippen molar-refractivity contribution in [1.82, 2.24) is 9.78 Å². The Balaban J connectivity index is 1.67. The Hall–Kier alpha value is -2.55. The van der Waals surface area contributed by atoms with Gasteiger partial charge in [-0.2, -0.15) is 5.10 Å². The number of fused-ring (bicyclic) bond motifs is 1. The van der Waals surface area contributed by atoms with Crippen LogP contribution < -0.4 is 14.8 Å². The molecule has 1 aliphatic heterocycles. The molecule has 1 atom stereocenters. The number of nitrogens with zero attached hydrogens (tertiary/aromatic N) is 2. The molecule has 1 aromatic carbocycles. The number of nitrogens with one attached hydrogen (secondary N) is 1. The van der Waals surface area contributed by atoms with Gasteiger partial charge < -0.3 is 14.8 Å². The molecule has 156 valence electrons. The van der Waals surface area contributed by atoms with E-state index in [4.69, 9.17) is 9.47 Å². The lowest BCUT2D eigenvalue weighted by Gasteiger charge is -2.17. The second kappa shape index (κ2) is 7.70. The van der Waals surface area contributed by atoms with Gasteiger partial charge in [0.2, 0.25) is 0 Å². The molecule has 2 heterocycles. The number of sulfone groups is 1. The summed E-state index contributed by atoms with van der Waals surface area (Å²) in [5.41, 5.74) is 2.80. The molecular weight excluding hydrogens is 394 g/mol. The van der Waals surface area contributed by atoms with Crippen LogP contribution in [-0.2, 0) is 22.7 Å². The number of aromatic nitrogens is 2. The standard InChI is InChI=1S/C20H25N3O5S/c1-27-14-7-8-18(28-2)16(11-14)21-20(24)19-15-5-3-4-6-17(15)23(22-19)13-9-10-29(25,26)12-13/h7-8,11,13H,3-6,9-10,12H2,1-2H3,(H,21,24). The van der Waals surface area contributed by atoms with Crippen LogP contribution in [0.4, 0.5) is 5.69 Å². The van der Waals surface area contributed by atoms with Gasteiger partial charge in [0.05, 0.1) is 37.5 Å². The second-order valence-corrected chi connectivity index (χ2v) is 9.73. The van der Waals surface area contributed by atoms with E-state index in [1.807, 2.05) is 0 Å². The maximum atomic E-state index is 13.1. The van der Waals surface area contributed by atoms with E-state index in [0.717, 1.165) is 36.9 Å². The molecule has 1 amide bonds. The van der Waals surface area contributed by atoms with E-state index in [0.29, 0.717) is 29.3 Å². The Bertz CT molecular complexity index is 1040. The highest BCUT2D eigenvalue weighted by Gasteiger charge is 2.34. The average molecular weight is 420 g/mol. The van der Waals surface area contributed by atoms with Gasteiger partial charge in [-0.3, -0.25) is 9.48 Å². The Morgan fingerprint density at radius 2 is 2.00 bits per heavy atom. The fourth-order valence-electron chi connectivity index (χ4n) is 4.17. The molecule has 2 aliphatic rings. The van der Waals surface area contributed by atoms with Crippen molar-refractivity contribution < 1.29 is 22.7 Å². The SMILES string of the molecule is COc1ccc(OC)c(NC(=O)c2nn(C3CCS(=O)(=O)C3)c3c2CCCC3)c1. The van der Waals surface area contributed by atoms with Gasteiger partial charge in [0.15, 0.2) is 15.5 Å². The number of benzene rings is 1. The normalized spacial score (nSPS) is 20.1. The van der Waals surface area contributed by atoms with E-state index in [-0.39, 0.29) is 23.5 Å². The van der Waals surface area contributed by atoms with Crippen molar-refractivity contribution in [3.05, 3.63) is 35.2 Å². The summed E-state index contributed by atoms with van der Waals surface area (Å²) in [5.74, 6) is 1.06. The Kier molecular flexibility index (Phi) is 5.24. The minimum atomic E-state index is -3.04. The summed E-state index contributed by atoms with van der Waals surface area (Å²) in [6.45, 7) is 0. The summed E-state index contributed by atoms with van der Waals surface area (Å²) >= 11 is 0. The number of methoxy groups -OCH3 is 2. The first-order chi connectivity index (χ1) is 13.9. The molecule has 0 saturated carbocycles. The number of hydrogen-bond acceptors (Lipinski definition) is 6. The largest absolute Gasteiger partial charge is 0.497 e. The van der Waals surface area contributed by atoms with Gasteiger partial charge in [-0.15, -0.1) is 0 Å². The molecule has 1 aromatic heterocycles. The molecule has 0 radical (unpaired) electrons. The van der Waals surface area contributed by atoms with Crippen LogP contribution >= 0.6 is 0 Å². The maximum Gasteiger partial charge on any atom is 0.276 e. The Morgan fingerprint density at radius 1 is 1.21 bits per heavy atom. The van der Waals surface area contributed by atoms with E-state index >= 15 is 0 Å². The number of rotatable bonds is 5. The zero-order chi connectivity index (χ0) is 20.6. The highest BCUT2D eigenvalue weighted by atomic mass is 32.2. The summed E-state index contributed by atoms with van der Waals surface area (Å²) in [6.07, 6.45) is 4.13. The zero-order valence-electron chi connectivity index (χ0n) is 16.6. The van der Waals surface area contributed by atoms with Crippen molar-refractivity contribution in [3.63, 3.8) is 0 Å². The molecular formula is C20H25N3O5S. The molecule has 1 N–H and O–H groups in total. The Labute approximate surface area is 170 Å². The van der Waals surface area contributed by atoms with Crippen LogP contribution in [0.15, 0.2) is 18.2 Å². The van der Waals surface area contributed by atoms with Gasteiger partial charge in [0.25, 0.3) is 5.91 Å². The molecule has 1 fully saturated rings. The van der Waals surface area contributed by atoms with Crippen LogP contribution in [0.1, 0.15) is 47.1 Å². The van der Waals surface area contributed by atoms with Crippen LogP contribution in [-0.4, -0.2) is 49.8 Å². The summed E-state index contributed by atoms with van der Waals surface area (Å²) in [7, 11) is 0.0548. The smallest absolute Gasteiger partial charge is 0.276 e. The van der Waals surface area contributed by atoms with Crippen molar-refractivity contribution in [2.45, 2.75) is 38.1 Å². The molecule has 4 rings (SSSR count). The van der Waals surface area contributed by atoms with Crippen molar-refractivity contribution in [2.24, 2.45) is 0 Å². The molecule has 8 nitrogen and oxygen atoms in total. The number of carbonyl (C=O) groups excluding carboxylic acids is 1. The van der Waals surface area contributed by atoms with Crippen molar-refractivity contribution in [2.75, 3.05) is 31.0 Å². The lowest BCUT2D eigenvalue weighted by Crippen LogP contribution is -2.17. The fourth-order valence-corrected chi connectivity index (χ4v) is 5.86. The number of carbonyl (C=O) groups is 1. The van der Waals surface area contributed by atoms with Crippen LogP contribution in [0.3, 0.4) is 0 Å². The third kappa shape index (κ3) is 3.83. The quantitative estimate of drug-likeness (QED) is 0.799. The second-order valence-electron chi connectivity index (χ2n) is 7.50. The number of anilines is 1.